The van der Waals surface area contributed by atoms with Crippen molar-refractivity contribution in [2.75, 3.05) is 19.0 Å². The highest BCUT2D eigenvalue weighted by Crippen LogP contribution is 2.03. The second-order valence-electron chi connectivity index (χ2n) is 3.26. The van der Waals surface area contributed by atoms with Gasteiger partial charge in [-0.15, -0.1) is 11.6 Å². The van der Waals surface area contributed by atoms with E-state index in [0.717, 1.165) is 0 Å². The van der Waals surface area contributed by atoms with Gasteiger partial charge < -0.3 is 4.90 Å². The number of carbonyl (C=O) groups is 1. The lowest BCUT2D eigenvalue weighted by atomic mass is 10.2. The van der Waals surface area contributed by atoms with E-state index in [1.165, 1.54) is 0 Å². The lowest BCUT2D eigenvalue weighted by molar-refractivity contribution is -0.131. The van der Waals surface area contributed by atoms with Crippen molar-refractivity contribution in [1.29, 1.82) is 5.26 Å². The normalized spacial score (nSPS) is 11.9. The predicted molar refractivity (Wildman–Crippen MR) is 57.0 cm³/mol. The van der Waals surface area contributed by atoms with Crippen molar-refractivity contribution in [3.8, 4) is 6.07 Å². The zero-order valence-electron chi connectivity index (χ0n) is 8.79. The zero-order valence-corrected chi connectivity index (χ0v) is 9.55. The van der Waals surface area contributed by atoms with E-state index in [9.17, 15) is 4.79 Å². The number of hydrogen-bond acceptors (Lipinski definition) is 2. The highest BCUT2D eigenvalue weighted by molar-refractivity contribution is 6.17. The number of nitrogens with zero attached hydrogens (tertiary/aromatic N) is 2. The molecular weight excluding hydrogens is 200 g/mol. The molecule has 0 aliphatic heterocycles. The fourth-order valence-corrected chi connectivity index (χ4v) is 1.29. The van der Waals surface area contributed by atoms with Gasteiger partial charge in [-0.2, -0.15) is 5.26 Å². The first-order valence-corrected chi connectivity index (χ1v) is 5.42. The van der Waals surface area contributed by atoms with Gasteiger partial charge in [0.25, 0.3) is 0 Å². The highest BCUT2D eigenvalue weighted by Gasteiger charge is 2.13. The molecule has 0 radical (unpaired) electrons. The average molecular weight is 217 g/mol. The summed E-state index contributed by atoms with van der Waals surface area (Å²) in [6, 6.07) is 2.12. The van der Waals surface area contributed by atoms with Crippen molar-refractivity contribution in [3.05, 3.63) is 0 Å². The van der Waals surface area contributed by atoms with Gasteiger partial charge in [-0.3, -0.25) is 4.79 Å². The Balaban J connectivity index is 4.00. The standard InChI is InChI=1S/C10H17ClN2O/c1-3-13(8-9(2)7-12)10(14)5-4-6-11/h9H,3-6,8H2,1-2H3. The molecular formula is C10H17ClN2O. The second kappa shape index (κ2) is 7.64. The van der Waals surface area contributed by atoms with Gasteiger partial charge in [-0.1, -0.05) is 0 Å². The monoisotopic (exact) mass is 216 g/mol. The lowest BCUT2D eigenvalue weighted by Crippen LogP contribution is -2.34. The molecule has 0 aromatic heterocycles. The van der Waals surface area contributed by atoms with Crippen LogP contribution in [0.5, 0.6) is 0 Å². The summed E-state index contributed by atoms with van der Waals surface area (Å²) in [6.45, 7) is 4.92. The molecule has 0 saturated carbocycles. The summed E-state index contributed by atoms with van der Waals surface area (Å²) >= 11 is 5.50. The van der Waals surface area contributed by atoms with E-state index in [1.54, 1.807) is 4.90 Å². The first kappa shape index (κ1) is 13.2. The molecule has 0 rings (SSSR count). The smallest absolute Gasteiger partial charge is 0.222 e. The zero-order chi connectivity index (χ0) is 11.0. The summed E-state index contributed by atoms with van der Waals surface area (Å²) < 4.78 is 0. The Morgan fingerprint density at radius 3 is 2.71 bits per heavy atom. The molecule has 0 aromatic rings. The quantitative estimate of drug-likeness (QED) is 0.638. The molecule has 0 saturated heterocycles. The van der Waals surface area contributed by atoms with Crippen molar-refractivity contribution in [2.45, 2.75) is 26.7 Å². The van der Waals surface area contributed by atoms with E-state index >= 15 is 0 Å². The third kappa shape index (κ3) is 5.08. The summed E-state index contributed by atoms with van der Waals surface area (Å²) in [4.78, 5) is 13.3. The van der Waals surface area contributed by atoms with E-state index < -0.39 is 0 Å². The van der Waals surface area contributed by atoms with E-state index in [-0.39, 0.29) is 11.8 Å². The number of rotatable bonds is 6. The van der Waals surface area contributed by atoms with Crippen molar-refractivity contribution in [3.63, 3.8) is 0 Å². The van der Waals surface area contributed by atoms with Crippen LogP contribution in [0.2, 0.25) is 0 Å². The largest absolute Gasteiger partial charge is 0.342 e. The Morgan fingerprint density at radius 1 is 1.64 bits per heavy atom. The van der Waals surface area contributed by atoms with Gasteiger partial charge in [-0.05, 0) is 20.3 Å². The molecule has 80 valence electrons. The molecule has 14 heavy (non-hydrogen) atoms. The molecule has 0 aliphatic rings. The van der Waals surface area contributed by atoms with E-state index in [2.05, 4.69) is 6.07 Å². The Labute approximate surface area is 90.6 Å². The fraction of sp³-hybridized carbons (Fsp3) is 0.800. The second-order valence-corrected chi connectivity index (χ2v) is 3.63. The molecule has 0 spiro atoms. The van der Waals surface area contributed by atoms with Crippen molar-refractivity contribution in [1.82, 2.24) is 4.90 Å². The molecule has 0 fully saturated rings. The minimum absolute atomic E-state index is 0.0928. The van der Waals surface area contributed by atoms with Gasteiger partial charge in [0.05, 0.1) is 12.0 Å². The minimum Gasteiger partial charge on any atom is -0.342 e. The van der Waals surface area contributed by atoms with Gasteiger partial charge in [-0.25, -0.2) is 0 Å². The SMILES string of the molecule is CCN(CC(C)C#N)C(=O)CCCCl. The van der Waals surface area contributed by atoms with Gasteiger partial charge in [0, 0.05) is 25.4 Å². The number of amides is 1. The van der Waals surface area contributed by atoms with Gasteiger partial charge in [0.2, 0.25) is 5.91 Å². The summed E-state index contributed by atoms with van der Waals surface area (Å²) in [7, 11) is 0. The molecule has 4 heteroatoms. The summed E-state index contributed by atoms with van der Waals surface area (Å²) in [5, 5.41) is 8.63. The molecule has 3 nitrogen and oxygen atoms in total. The van der Waals surface area contributed by atoms with Crippen LogP contribution in [0.15, 0.2) is 0 Å². The van der Waals surface area contributed by atoms with Crippen molar-refractivity contribution < 1.29 is 4.79 Å². The van der Waals surface area contributed by atoms with Crippen LogP contribution in [0.25, 0.3) is 0 Å². The number of carbonyl (C=O) groups excluding carboxylic acids is 1. The fourth-order valence-electron chi connectivity index (χ4n) is 1.15. The molecule has 1 atom stereocenters. The number of halogens is 1. The van der Waals surface area contributed by atoms with Gasteiger partial charge in [0.1, 0.15) is 0 Å². The maximum absolute atomic E-state index is 11.5. The third-order valence-electron chi connectivity index (χ3n) is 1.97. The number of alkyl halides is 1. The summed E-state index contributed by atoms with van der Waals surface area (Å²) in [6.07, 6.45) is 1.19. The lowest BCUT2D eigenvalue weighted by Gasteiger charge is -2.21. The predicted octanol–water partition coefficient (Wildman–Crippen LogP) is 2.01. The van der Waals surface area contributed by atoms with Crippen LogP contribution in [-0.2, 0) is 4.79 Å². The Kier molecular flexibility index (Phi) is 7.23. The molecule has 0 aliphatic carbocycles. The molecule has 1 amide bonds. The van der Waals surface area contributed by atoms with Gasteiger partial charge in [0.15, 0.2) is 0 Å². The molecule has 0 bridgehead atoms. The summed E-state index contributed by atoms with van der Waals surface area (Å²) in [5.74, 6) is 0.502. The number of nitriles is 1. The highest BCUT2D eigenvalue weighted by atomic mass is 35.5. The molecule has 0 N–H and O–H groups in total. The van der Waals surface area contributed by atoms with Crippen LogP contribution in [0.1, 0.15) is 26.7 Å². The molecule has 0 heterocycles. The van der Waals surface area contributed by atoms with Gasteiger partial charge >= 0.3 is 0 Å². The van der Waals surface area contributed by atoms with Crippen LogP contribution < -0.4 is 0 Å². The van der Waals surface area contributed by atoms with Crippen LogP contribution in [-0.4, -0.2) is 29.8 Å². The third-order valence-corrected chi connectivity index (χ3v) is 2.24. The number of hydrogen-bond donors (Lipinski definition) is 0. The topological polar surface area (TPSA) is 44.1 Å². The minimum atomic E-state index is -0.102. The van der Waals surface area contributed by atoms with E-state index in [0.29, 0.717) is 31.8 Å². The van der Waals surface area contributed by atoms with Crippen molar-refractivity contribution in [2.24, 2.45) is 5.92 Å². The van der Waals surface area contributed by atoms with E-state index in [1.807, 2.05) is 13.8 Å². The first-order chi connectivity index (χ1) is 6.65. The van der Waals surface area contributed by atoms with Crippen molar-refractivity contribution >= 4 is 17.5 Å². The maximum atomic E-state index is 11.5. The molecule has 1 unspecified atom stereocenters. The average Bonchev–Trinajstić information content (AvgIpc) is 2.21. The molecule has 0 aromatic carbocycles. The van der Waals surface area contributed by atoms with Crippen LogP contribution >= 0.6 is 11.6 Å². The Bertz CT molecular complexity index is 213. The van der Waals surface area contributed by atoms with Crippen LogP contribution in [0.4, 0.5) is 0 Å². The first-order valence-electron chi connectivity index (χ1n) is 4.89. The maximum Gasteiger partial charge on any atom is 0.222 e. The Morgan fingerprint density at radius 2 is 2.29 bits per heavy atom. The van der Waals surface area contributed by atoms with E-state index in [4.69, 9.17) is 16.9 Å². The van der Waals surface area contributed by atoms with Crippen LogP contribution in [0.3, 0.4) is 0 Å². The van der Waals surface area contributed by atoms with Crippen LogP contribution in [0, 0.1) is 17.2 Å². The Hall–Kier alpha value is -0.750. The summed E-state index contributed by atoms with van der Waals surface area (Å²) in [5.41, 5.74) is 0.